The number of carboxylic acids is 1. The summed E-state index contributed by atoms with van der Waals surface area (Å²) >= 11 is 0. The molecule has 1 aliphatic carbocycles. The van der Waals surface area contributed by atoms with Crippen LogP contribution in [0.3, 0.4) is 0 Å². The average Bonchev–Trinajstić information content (AvgIpc) is 2.43. The van der Waals surface area contributed by atoms with E-state index in [4.69, 9.17) is 9.84 Å². The van der Waals surface area contributed by atoms with Gasteiger partial charge in [-0.2, -0.15) is 0 Å². The Balaban J connectivity index is 2.00. The fourth-order valence-corrected chi connectivity index (χ4v) is 3.36. The molecule has 1 saturated carbocycles. The van der Waals surface area contributed by atoms with Crippen molar-refractivity contribution in [2.75, 3.05) is 26.7 Å². The van der Waals surface area contributed by atoms with E-state index >= 15 is 0 Å². The Morgan fingerprint density at radius 1 is 1.45 bits per heavy atom. The molecule has 6 nitrogen and oxygen atoms in total. The highest BCUT2D eigenvalue weighted by atomic mass is 16.5. The fraction of sp³-hybridized carbons (Fsp3) is 0.857. The minimum atomic E-state index is -0.927. The number of hydrogen-bond acceptors (Lipinski definition) is 4. The Kier molecular flexibility index (Phi) is 5.37. The van der Waals surface area contributed by atoms with Gasteiger partial charge in [0, 0.05) is 26.7 Å². The molecule has 0 spiro atoms. The van der Waals surface area contributed by atoms with Crippen molar-refractivity contribution in [1.29, 1.82) is 0 Å². The molecule has 0 radical (unpaired) electrons. The lowest BCUT2D eigenvalue weighted by atomic mass is 9.85. The van der Waals surface area contributed by atoms with E-state index in [1.54, 1.807) is 7.11 Å². The van der Waals surface area contributed by atoms with Crippen LogP contribution >= 0.6 is 0 Å². The second kappa shape index (κ2) is 7.04. The maximum Gasteiger partial charge on any atom is 0.305 e. The first-order valence-corrected chi connectivity index (χ1v) is 7.38. The van der Waals surface area contributed by atoms with Crippen LogP contribution in [0, 0.1) is 5.92 Å². The maximum absolute atomic E-state index is 11.9. The summed E-state index contributed by atoms with van der Waals surface area (Å²) in [5, 5.41) is 11.7. The number of carbonyl (C=O) groups excluding carboxylic acids is 1. The van der Waals surface area contributed by atoms with E-state index in [1.807, 2.05) is 4.90 Å². The lowest BCUT2D eigenvalue weighted by Crippen LogP contribution is -2.57. The van der Waals surface area contributed by atoms with Gasteiger partial charge in [-0.05, 0) is 18.8 Å². The van der Waals surface area contributed by atoms with Crippen LogP contribution in [0.2, 0.25) is 0 Å². The average molecular weight is 284 g/mol. The van der Waals surface area contributed by atoms with Gasteiger partial charge in [-0.25, -0.2) is 0 Å². The van der Waals surface area contributed by atoms with Gasteiger partial charge in [0.05, 0.1) is 18.6 Å². The van der Waals surface area contributed by atoms with Gasteiger partial charge in [0.25, 0.3) is 0 Å². The lowest BCUT2D eigenvalue weighted by Gasteiger charge is -2.39. The number of aliphatic carboxylic acids is 1. The zero-order valence-corrected chi connectivity index (χ0v) is 12.0. The minimum Gasteiger partial charge on any atom is -0.481 e. The molecule has 2 fully saturated rings. The Bertz CT molecular complexity index is 361. The highest BCUT2D eigenvalue weighted by Crippen LogP contribution is 2.28. The largest absolute Gasteiger partial charge is 0.481 e. The predicted molar refractivity (Wildman–Crippen MR) is 73.4 cm³/mol. The van der Waals surface area contributed by atoms with Crippen LogP contribution in [-0.4, -0.2) is 60.8 Å². The highest BCUT2D eigenvalue weighted by Gasteiger charge is 2.35. The predicted octanol–water partition coefficient (Wildman–Crippen LogP) is 0.467. The summed E-state index contributed by atoms with van der Waals surface area (Å²) in [7, 11) is 1.74. The van der Waals surface area contributed by atoms with Gasteiger partial charge in [0.1, 0.15) is 0 Å². The molecule has 1 heterocycles. The molecular weight excluding hydrogens is 260 g/mol. The molecule has 6 heteroatoms. The Morgan fingerprint density at radius 2 is 2.20 bits per heavy atom. The number of piperazine rings is 1. The summed E-state index contributed by atoms with van der Waals surface area (Å²) in [5.74, 6) is -0.691. The van der Waals surface area contributed by atoms with Crippen molar-refractivity contribution >= 4 is 11.9 Å². The molecule has 1 aliphatic heterocycles. The van der Waals surface area contributed by atoms with E-state index in [1.165, 1.54) is 12.8 Å². The fourth-order valence-electron chi connectivity index (χ4n) is 3.36. The van der Waals surface area contributed by atoms with E-state index in [0.717, 1.165) is 25.9 Å². The van der Waals surface area contributed by atoms with E-state index < -0.39 is 12.0 Å². The molecule has 0 aromatic rings. The van der Waals surface area contributed by atoms with Gasteiger partial charge in [-0.3, -0.25) is 14.5 Å². The molecule has 0 bridgehead atoms. The number of amides is 1. The number of nitrogens with one attached hydrogen (secondary N) is 1. The summed E-state index contributed by atoms with van der Waals surface area (Å²) in [6, 6.07) is -0.541. The third-order valence-corrected chi connectivity index (χ3v) is 4.42. The van der Waals surface area contributed by atoms with Crippen LogP contribution in [0.15, 0.2) is 0 Å². The summed E-state index contributed by atoms with van der Waals surface area (Å²) in [5.41, 5.74) is 0. The molecule has 2 unspecified atom stereocenters. The van der Waals surface area contributed by atoms with Crippen molar-refractivity contribution in [2.24, 2.45) is 5.92 Å². The van der Waals surface area contributed by atoms with Crippen LogP contribution in [0.4, 0.5) is 0 Å². The number of ether oxygens (including phenoxy) is 1. The zero-order valence-electron chi connectivity index (χ0n) is 12.0. The molecule has 2 N–H and O–H groups in total. The Morgan fingerprint density at radius 3 is 2.90 bits per heavy atom. The number of nitrogens with zero attached hydrogens (tertiary/aromatic N) is 1. The lowest BCUT2D eigenvalue weighted by molar-refractivity contribution is -0.143. The quantitative estimate of drug-likeness (QED) is 0.767. The van der Waals surface area contributed by atoms with Crippen molar-refractivity contribution in [3.05, 3.63) is 0 Å². The van der Waals surface area contributed by atoms with Crippen molar-refractivity contribution in [3.63, 3.8) is 0 Å². The second-order valence-electron chi connectivity index (χ2n) is 5.72. The van der Waals surface area contributed by atoms with Crippen LogP contribution < -0.4 is 5.32 Å². The van der Waals surface area contributed by atoms with E-state index in [0.29, 0.717) is 12.5 Å². The first kappa shape index (κ1) is 15.3. The number of methoxy groups -OCH3 is 1. The van der Waals surface area contributed by atoms with Crippen molar-refractivity contribution in [1.82, 2.24) is 10.2 Å². The maximum atomic E-state index is 11.9. The normalized spacial score (nSPS) is 31.9. The Hall–Kier alpha value is -1.14. The van der Waals surface area contributed by atoms with Crippen molar-refractivity contribution in [3.8, 4) is 0 Å². The number of rotatable bonds is 5. The van der Waals surface area contributed by atoms with Gasteiger partial charge >= 0.3 is 5.97 Å². The molecule has 2 aliphatic rings. The summed E-state index contributed by atoms with van der Waals surface area (Å²) in [6.07, 6.45) is 4.64. The summed E-state index contributed by atoms with van der Waals surface area (Å²) in [6.45, 7) is 2.07. The second-order valence-corrected chi connectivity index (χ2v) is 5.72. The monoisotopic (exact) mass is 284 g/mol. The zero-order chi connectivity index (χ0) is 14.5. The van der Waals surface area contributed by atoms with Gasteiger partial charge in [-0.1, -0.05) is 12.8 Å². The molecule has 1 saturated heterocycles. The van der Waals surface area contributed by atoms with E-state index in [-0.39, 0.29) is 18.4 Å². The van der Waals surface area contributed by atoms with Gasteiger partial charge in [-0.15, -0.1) is 0 Å². The molecular formula is C14H24N2O4. The third-order valence-electron chi connectivity index (χ3n) is 4.42. The topological polar surface area (TPSA) is 78.9 Å². The van der Waals surface area contributed by atoms with Crippen LogP contribution in [0.5, 0.6) is 0 Å². The smallest absolute Gasteiger partial charge is 0.305 e. The first-order chi connectivity index (χ1) is 9.61. The Labute approximate surface area is 119 Å². The van der Waals surface area contributed by atoms with Crippen LogP contribution in [-0.2, 0) is 14.3 Å². The molecule has 3 atom stereocenters. The first-order valence-electron chi connectivity index (χ1n) is 7.38. The molecule has 1 amide bonds. The standard InChI is InChI=1S/C14H24N2O4/c1-20-12-5-3-2-4-10(12)9-16-7-6-15-14(19)11(16)8-13(17)18/h10-12H,2-9H2,1H3,(H,15,19)(H,17,18)/t10?,11-,12?/m1/s1. The number of hydrogen-bond donors (Lipinski definition) is 2. The minimum absolute atomic E-state index is 0.129. The number of carboxylic acid groups (broad SMARTS) is 1. The van der Waals surface area contributed by atoms with E-state index in [2.05, 4.69) is 5.32 Å². The highest BCUT2D eigenvalue weighted by molar-refractivity contribution is 5.86. The summed E-state index contributed by atoms with van der Waals surface area (Å²) in [4.78, 5) is 24.8. The van der Waals surface area contributed by atoms with Crippen LogP contribution in [0.25, 0.3) is 0 Å². The molecule has 2 rings (SSSR count). The summed E-state index contributed by atoms with van der Waals surface area (Å²) < 4.78 is 5.54. The molecule has 114 valence electrons. The van der Waals surface area contributed by atoms with Gasteiger partial charge in [0.2, 0.25) is 5.91 Å². The third kappa shape index (κ3) is 3.70. The van der Waals surface area contributed by atoms with Gasteiger partial charge < -0.3 is 15.2 Å². The molecule has 0 aromatic heterocycles. The van der Waals surface area contributed by atoms with Crippen molar-refractivity contribution in [2.45, 2.75) is 44.2 Å². The SMILES string of the molecule is COC1CCCCC1CN1CCNC(=O)[C@H]1CC(=O)O. The van der Waals surface area contributed by atoms with Crippen LogP contribution in [0.1, 0.15) is 32.1 Å². The van der Waals surface area contributed by atoms with Gasteiger partial charge in [0.15, 0.2) is 0 Å². The number of carbonyl (C=O) groups is 2. The van der Waals surface area contributed by atoms with Crippen molar-refractivity contribution < 1.29 is 19.4 Å². The van der Waals surface area contributed by atoms with E-state index in [9.17, 15) is 9.59 Å². The molecule has 0 aromatic carbocycles. The molecule has 20 heavy (non-hydrogen) atoms.